The predicted molar refractivity (Wildman–Crippen MR) is 112 cm³/mol. The summed E-state index contributed by atoms with van der Waals surface area (Å²) in [6, 6.07) is 12.0. The van der Waals surface area contributed by atoms with Gasteiger partial charge >= 0.3 is 0 Å². The van der Waals surface area contributed by atoms with Crippen molar-refractivity contribution in [1.29, 1.82) is 0 Å². The fraction of sp³-hybridized carbons (Fsp3) is 0.143. The zero-order valence-corrected chi connectivity index (χ0v) is 16.7. The summed E-state index contributed by atoms with van der Waals surface area (Å²) in [5.41, 5.74) is 4.21. The van der Waals surface area contributed by atoms with Gasteiger partial charge in [-0.1, -0.05) is 23.9 Å². The third-order valence-electron chi connectivity index (χ3n) is 4.41. The molecule has 0 fully saturated rings. The van der Waals surface area contributed by atoms with Crippen LogP contribution in [0.1, 0.15) is 11.1 Å². The number of nitrogens with zero attached hydrogens (tertiary/aromatic N) is 4. The van der Waals surface area contributed by atoms with Crippen molar-refractivity contribution in [3.05, 3.63) is 71.9 Å². The largest absolute Gasteiger partial charge is 0.325 e. The van der Waals surface area contributed by atoms with E-state index in [4.69, 9.17) is 0 Å². The predicted octanol–water partition coefficient (Wildman–Crippen LogP) is 4.30. The second-order valence-electron chi connectivity index (χ2n) is 6.60. The zero-order chi connectivity index (χ0) is 20.4. The van der Waals surface area contributed by atoms with E-state index < -0.39 is 0 Å². The van der Waals surface area contributed by atoms with Crippen molar-refractivity contribution in [2.24, 2.45) is 0 Å². The van der Waals surface area contributed by atoms with E-state index in [1.54, 1.807) is 23.0 Å². The molecule has 0 unspecified atom stereocenters. The lowest BCUT2D eigenvalue weighted by atomic mass is 10.1. The molecule has 4 rings (SSSR count). The molecule has 0 aliphatic heterocycles. The molecule has 0 spiro atoms. The van der Waals surface area contributed by atoms with Gasteiger partial charge in [0.15, 0.2) is 5.65 Å². The van der Waals surface area contributed by atoms with Crippen molar-refractivity contribution < 1.29 is 9.18 Å². The number of aryl methyl sites for hydroxylation is 2. The van der Waals surface area contributed by atoms with Crippen LogP contribution in [0, 0.1) is 19.7 Å². The number of thioether (sulfide) groups is 1. The molecule has 8 heteroatoms. The van der Waals surface area contributed by atoms with Gasteiger partial charge in [0.05, 0.1) is 23.0 Å². The Morgan fingerprint density at radius 2 is 1.93 bits per heavy atom. The van der Waals surface area contributed by atoms with Crippen molar-refractivity contribution in [2.45, 2.75) is 18.9 Å². The first-order valence-corrected chi connectivity index (χ1v) is 9.94. The normalized spacial score (nSPS) is 11.0. The van der Waals surface area contributed by atoms with Gasteiger partial charge in [-0.3, -0.25) is 4.79 Å². The lowest BCUT2D eigenvalue weighted by Crippen LogP contribution is -2.15. The number of carbonyl (C=O) groups excluding carboxylic acids is 1. The Morgan fingerprint density at radius 3 is 2.72 bits per heavy atom. The van der Waals surface area contributed by atoms with Gasteiger partial charge in [-0.05, 0) is 55.3 Å². The lowest BCUT2D eigenvalue weighted by Gasteiger charge is -2.09. The van der Waals surface area contributed by atoms with Crippen LogP contribution in [0.5, 0.6) is 0 Å². The molecule has 6 nitrogen and oxygen atoms in total. The molecule has 1 amide bonds. The summed E-state index contributed by atoms with van der Waals surface area (Å²) < 4.78 is 14.8. The smallest absolute Gasteiger partial charge is 0.234 e. The number of hydrogen-bond donors (Lipinski definition) is 1. The molecule has 0 radical (unpaired) electrons. The standard InChI is InChI=1S/C21H18FN5OS/c1-13-3-4-14(2)18(9-13)26-19(28)11-29-21-17-10-25-27(20(17)23-12-24-21)16-7-5-15(22)6-8-16/h3-10,12H,11H2,1-2H3,(H,26,28). The Balaban J connectivity index is 1.52. The number of aromatic nitrogens is 4. The molecule has 2 heterocycles. The van der Waals surface area contributed by atoms with Crippen LogP contribution in [0.25, 0.3) is 16.7 Å². The van der Waals surface area contributed by atoms with Crippen LogP contribution in [-0.2, 0) is 4.79 Å². The maximum Gasteiger partial charge on any atom is 0.234 e. The molecule has 4 aromatic rings. The first-order chi connectivity index (χ1) is 14.0. The lowest BCUT2D eigenvalue weighted by molar-refractivity contribution is -0.113. The van der Waals surface area contributed by atoms with Crippen LogP contribution in [0.2, 0.25) is 0 Å². The molecular formula is C21H18FN5OS. The number of fused-ring (bicyclic) bond motifs is 1. The number of nitrogens with one attached hydrogen (secondary N) is 1. The molecule has 0 saturated heterocycles. The van der Waals surface area contributed by atoms with E-state index >= 15 is 0 Å². The van der Waals surface area contributed by atoms with E-state index in [2.05, 4.69) is 20.4 Å². The highest BCUT2D eigenvalue weighted by Crippen LogP contribution is 2.26. The highest BCUT2D eigenvalue weighted by molar-refractivity contribution is 8.00. The number of carbonyl (C=O) groups is 1. The molecule has 0 atom stereocenters. The molecule has 29 heavy (non-hydrogen) atoms. The minimum Gasteiger partial charge on any atom is -0.325 e. The van der Waals surface area contributed by atoms with Crippen LogP contribution in [-0.4, -0.2) is 31.4 Å². The number of amides is 1. The van der Waals surface area contributed by atoms with Crippen LogP contribution in [0.15, 0.2) is 60.0 Å². The Morgan fingerprint density at radius 1 is 1.14 bits per heavy atom. The fourth-order valence-electron chi connectivity index (χ4n) is 2.90. The van der Waals surface area contributed by atoms with E-state index in [-0.39, 0.29) is 17.5 Å². The summed E-state index contributed by atoms with van der Waals surface area (Å²) >= 11 is 1.32. The number of hydrogen-bond acceptors (Lipinski definition) is 5. The van der Waals surface area contributed by atoms with Gasteiger partial charge < -0.3 is 5.32 Å². The third-order valence-corrected chi connectivity index (χ3v) is 5.41. The Hall–Kier alpha value is -3.26. The second-order valence-corrected chi connectivity index (χ2v) is 7.57. The first kappa shape index (κ1) is 19.1. The van der Waals surface area contributed by atoms with Crippen LogP contribution < -0.4 is 5.32 Å². The van der Waals surface area contributed by atoms with Crippen molar-refractivity contribution in [2.75, 3.05) is 11.1 Å². The highest BCUT2D eigenvalue weighted by Gasteiger charge is 2.13. The molecule has 0 aliphatic rings. The molecule has 146 valence electrons. The summed E-state index contributed by atoms with van der Waals surface area (Å²) in [6.45, 7) is 3.94. The van der Waals surface area contributed by atoms with E-state index in [9.17, 15) is 9.18 Å². The van der Waals surface area contributed by atoms with Gasteiger partial charge in [0.2, 0.25) is 5.91 Å². The number of rotatable bonds is 5. The van der Waals surface area contributed by atoms with Crippen LogP contribution >= 0.6 is 11.8 Å². The molecule has 2 aromatic carbocycles. The zero-order valence-electron chi connectivity index (χ0n) is 15.9. The summed E-state index contributed by atoms with van der Waals surface area (Å²) in [5.74, 6) is -0.214. The average Bonchev–Trinajstić information content (AvgIpc) is 3.14. The van der Waals surface area contributed by atoms with Gasteiger partial charge in [-0.25, -0.2) is 19.0 Å². The van der Waals surface area contributed by atoms with Gasteiger partial charge in [0.25, 0.3) is 0 Å². The fourth-order valence-corrected chi connectivity index (χ4v) is 3.66. The second kappa shape index (κ2) is 8.00. The number of anilines is 1. The summed E-state index contributed by atoms with van der Waals surface area (Å²) in [6.07, 6.45) is 3.10. The van der Waals surface area contributed by atoms with E-state index in [1.807, 2.05) is 32.0 Å². The third kappa shape index (κ3) is 4.12. The summed E-state index contributed by atoms with van der Waals surface area (Å²) in [4.78, 5) is 21.0. The average molecular weight is 407 g/mol. The molecule has 2 aromatic heterocycles. The van der Waals surface area contributed by atoms with Gasteiger partial charge in [0.1, 0.15) is 17.2 Å². The van der Waals surface area contributed by atoms with E-state index in [0.29, 0.717) is 16.4 Å². The Labute approximate surface area is 171 Å². The molecule has 0 saturated carbocycles. The Bertz CT molecular complexity index is 1190. The van der Waals surface area contributed by atoms with Gasteiger partial charge in [0, 0.05) is 5.69 Å². The summed E-state index contributed by atoms with van der Waals surface area (Å²) in [5, 5.41) is 8.70. The maximum atomic E-state index is 13.2. The minimum atomic E-state index is -0.314. The van der Waals surface area contributed by atoms with Crippen LogP contribution in [0.3, 0.4) is 0 Å². The first-order valence-electron chi connectivity index (χ1n) is 8.96. The Kier molecular flexibility index (Phi) is 5.26. The SMILES string of the molecule is Cc1ccc(C)c(NC(=O)CSc2ncnc3c2cnn3-c2ccc(F)cc2)c1. The van der Waals surface area contributed by atoms with Crippen molar-refractivity contribution in [3.8, 4) is 5.69 Å². The van der Waals surface area contributed by atoms with Crippen molar-refractivity contribution in [3.63, 3.8) is 0 Å². The molecule has 0 aliphatic carbocycles. The van der Waals surface area contributed by atoms with E-state index in [1.165, 1.54) is 30.2 Å². The quantitative estimate of drug-likeness (QED) is 0.394. The highest BCUT2D eigenvalue weighted by atomic mass is 32.2. The molecule has 0 bridgehead atoms. The molecular weight excluding hydrogens is 389 g/mol. The van der Waals surface area contributed by atoms with E-state index in [0.717, 1.165) is 22.2 Å². The van der Waals surface area contributed by atoms with Gasteiger partial charge in [-0.15, -0.1) is 0 Å². The number of halogens is 1. The van der Waals surface area contributed by atoms with Crippen molar-refractivity contribution in [1.82, 2.24) is 19.7 Å². The minimum absolute atomic E-state index is 0.110. The molecule has 1 N–H and O–H groups in total. The monoisotopic (exact) mass is 407 g/mol. The van der Waals surface area contributed by atoms with Crippen LogP contribution in [0.4, 0.5) is 10.1 Å². The summed E-state index contributed by atoms with van der Waals surface area (Å²) in [7, 11) is 0. The topological polar surface area (TPSA) is 72.7 Å². The van der Waals surface area contributed by atoms with Gasteiger partial charge in [-0.2, -0.15) is 5.10 Å². The number of benzene rings is 2. The van der Waals surface area contributed by atoms with Crippen molar-refractivity contribution >= 4 is 34.4 Å². The maximum absolute atomic E-state index is 13.2.